The maximum atomic E-state index is 12.5. The van der Waals surface area contributed by atoms with Crippen molar-refractivity contribution in [2.45, 2.75) is 12.5 Å². The molecule has 0 N–H and O–H groups in total. The Labute approximate surface area is 124 Å². The second-order valence-electron chi connectivity index (χ2n) is 5.87. The van der Waals surface area contributed by atoms with Crippen molar-refractivity contribution in [1.29, 1.82) is 0 Å². The van der Waals surface area contributed by atoms with Crippen LogP contribution in [-0.4, -0.2) is 36.9 Å². The van der Waals surface area contributed by atoms with Crippen LogP contribution in [-0.2, 0) is 0 Å². The molecule has 106 valence electrons. The normalized spacial score (nSPS) is 20.4. The zero-order valence-electron chi connectivity index (χ0n) is 12.0. The van der Waals surface area contributed by atoms with Crippen molar-refractivity contribution < 1.29 is 9.53 Å². The quantitative estimate of drug-likeness (QED) is 0.722. The van der Waals surface area contributed by atoms with Crippen molar-refractivity contribution in [3.05, 3.63) is 53.6 Å². The van der Waals surface area contributed by atoms with Gasteiger partial charge in [0.25, 0.3) is 0 Å². The van der Waals surface area contributed by atoms with E-state index in [1.54, 1.807) is 0 Å². The van der Waals surface area contributed by atoms with Gasteiger partial charge in [0.2, 0.25) is 0 Å². The van der Waals surface area contributed by atoms with Crippen molar-refractivity contribution in [3.8, 4) is 16.9 Å². The van der Waals surface area contributed by atoms with Crippen LogP contribution in [0, 0.1) is 0 Å². The van der Waals surface area contributed by atoms with Crippen molar-refractivity contribution in [3.63, 3.8) is 0 Å². The summed E-state index contributed by atoms with van der Waals surface area (Å²) in [6, 6.07) is 13.7. The SMILES string of the molecule is CN1CCC(Oc2ccc3c(c2)C(=O)c2ccccc2-3)C1. The highest BCUT2D eigenvalue weighted by atomic mass is 16.5. The summed E-state index contributed by atoms with van der Waals surface area (Å²) < 4.78 is 6.02. The summed E-state index contributed by atoms with van der Waals surface area (Å²) in [6.07, 6.45) is 1.27. The fourth-order valence-electron chi connectivity index (χ4n) is 3.26. The van der Waals surface area contributed by atoms with E-state index in [0.717, 1.165) is 47.5 Å². The van der Waals surface area contributed by atoms with Gasteiger partial charge in [-0.05, 0) is 42.8 Å². The molecule has 0 bridgehead atoms. The van der Waals surface area contributed by atoms with Gasteiger partial charge in [0, 0.05) is 24.2 Å². The van der Waals surface area contributed by atoms with E-state index >= 15 is 0 Å². The van der Waals surface area contributed by atoms with E-state index in [2.05, 4.69) is 11.9 Å². The number of ketones is 1. The van der Waals surface area contributed by atoms with Gasteiger partial charge in [-0.2, -0.15) is 0 Å². The summed E-state index contributed by atoms with van der Waals surface area (Å²) >= 11 is 0. The minimum Gasteiger partial charge on any atom is -0.489 e. The second kappa shape index (κ2) is 4.71. The lowest BCUT2D eigenvalue weighted by molar-refractivity contribution is 0.104. The first-order valence-electron chi connectivity index (χ1n) is 7.36. The highest BCUT2D eigenvalue weighted by molar-refractivity contribution is 6.21. The minimum atomic E-state index is 0.106. The molecule has 1 aliphatic carbocycles. The first-order chi connectivity index (χ1) is 10.2. The topological polar surface area (TPSA) is 29.5 Å². The van der Waals surface area contributed by atoms with Gasteiger partial charge in [-0.25, -0.2) is 0 Å². The first-order valence-corrected chi connectivity index (χ1v) is 7.36. The fraction of sp³-hybridized carbons (Fsp3) is 0.278. The molecular weight excluding hydrogens is 262 g/mol. The molecule has 0 aromatic heterocycles. The van der Waals surface area contributed by atoms with Crippen LogP contribution < -0.4 is 4.74 Å². The Kier molecular flexibility index (Phi) is 2.82. The molecule has 1 atom stereocenters. The Morgan fingerprint density at radius 1 is 1.05 bits per heavy atom. The zero-order chi connectivity index (χ0) is 14.4. The minimum absolute atomic E-state index is 0.106. The molecule has 1 saturated heterocycles. The van der Waals surface area contributed by atoms with Gasteiger partial charge < -0.3 is 9.64 Å². The summed E-state index contributed by atoms with van der Waals surface area (Å²) in [6.45, 7) is 2.02. The molecule has 21 heavy (non-hydrogen) atoms. The van der Waals surface area contributed by atoms with Crippen molar-refractivity contribution in [2.75, 3.05) is 20.1 Å². The van der Waals surface area contributed by atoms with Crippen molar-refractivity contribution in [2.24, 2.45) is 0 Å². The first kappa shape index (κ1) is 12.6. The molecule has 1 fully saturated rings. The van der Waals surface area contributed by atoms with Crippen LogP contribution in [0.1, 0.15) is 22.3 Å². The Morgan fingerprint density at radius 3 is 2.57 bits per heavy atom. The summed E-state index contributed by atoms with van der Waals surface area (Å²) in [5.74, 6) is 0.907. The maximum absolute atomic E-state index is 12.5. The van der Waals surface area contributed by atoms with Crippen LogP contribution in [0.25, 0.3) is 11.1 Å². The molecule has 3 nitrogen and oxygen atoms in total. The predicted molar refractivity (Wildman–Crippen MR) is 81.8 cm³/mol. The number of rotatable bonds is 2. The number of carbonyl (C=O) groups excluding carboxylic acids is 1. The van der Waals surface area contributed by atoms with E-state index in [4.69, 9.17) is 4.74 Å². The van der Waals surface area contributed by atoms with Crippen LogP contribution in [0.4, 0.5) is 0 Å². The molecular formula is C18H17NO2. The van der Waals surface area contributed by atoms with E-state index < -0.39 is 0 Å². The van der Waals surface area contributed by atoms with Gasteiger partial charge in [0.15, 0.2) is 5.78 Å². The van der Waals surface area contributed by atoms with E-state index in [9.17, 15) is 4.79 Å². The number of likely N-dealkylation sites (N-methyl/N-ethyl adjacent to an activating group) is 1. The monoisotopic (exact) mass is 279 g/mol. The third kappa shape index (κ3) is 2.05. The molecule has 2 aromatic rings. The van der Waals surface area contributed by atoms with Gasteiger partial charge in [-0.15, -0.1) is 0 Å². The van der Waals surface area contributed by atoms with Gasteiger partial charge in [-0.3, -0.25) is 4.79 Å². The third-order valence-electron chi connectivity index (χ3n) is 4.35. The van der Waals surface area contributed by atoms with E-state index in [1.165, 1.54) is 0 Å². The number of likely N-dealkylation sites (tertiary alicyclic amines) is 1. The average Bonchev–Trinajstić information content (AvgIpc) is 3.03. The Morgan fingerprint density at radius 2 is 1.81 bits per heavy atom. The lowest BCUT2D eigenvalue weighted by Gasteiger charge is -2.14. The number of fused-ring (bicyclic) bond motifs is 3. The van der Waals surface area contributed by atoms with Gasteiger partial charge in [0.05, 0.1) is 0 Å². The van der Waals surface area contributed by atoms with Crippen LogP contribution in [0.3, 0.4) is 0 Å². The molecule has 0 amide bonds. The van der Waals surface area contributed by atoms with Gasteiger partial charge in [0.1, 0.15) is 11.9 Å². The fourth-order valence-corrected chi connectivity index (χ4v) is 3.26. The maximum Gasteiger partial charge on any atom is 0.194 e. The number of benzene rings is 2. The smallest absolute Gasteiger partial charge is 0.194 e. The number of carbonyl (C=O) groups is 1. The van der Waals surface area contributed by atoms with E-state index in [1.807, 2.05) is 42.5 Å². The lowest BCUT2D eigenvalue weighted by Crippen LogP contribution is -2.21. The van der Waals surface area contributed by atoms with Crippen molar-refractivity contribution >= 4 is 5.78 Å². The number of hydrogen-bond acceptors (Lipinski definition) is 3. The Hall–Kier alpha value is -2.13. The molecule has 2 aliphatic rings. The largest absolute Gasteiger partial charge is 0.489 e. The molecule has 1 heterocycles. The van der Waals surface area contributed by atoms with E-state index in [0.29, 0.717) is 0 Å². The van der Waals surface area contributed by atoms with Crippen LogP contribution in [0.2, 0.25) is 0 Å². The van der Waals surface area contributed by atoms with Crippen molar-refractivity contribution in [1.82, 2.24) is 4.90 Å². The van der Waals surface area contributed by atoms with Gasteiger partial charge in [-0.1, -0.05) is 24.3 Å². The van der Waals surface area contributed by atoms with Gasteiger partial charge >= 0.3 is 0 Å². The van der Waals surface area contributed by atoms with Crippen LogP contribution >= 0.6 is 0 Å². The standard InChI is InChI=1S/C18H17NO2/c1-19-9-8-13(11-19)21-12-6-7-15-14-4-2-3-5-16(14)18(20)17(15)10-12/h2-7,10,13H,8-9,11H2,1H3. The number of nitrogens with zero attached hydrogens (tertiary/aromatic N) is 1. The van der Waals surface area contributed by atoms with Crippen LogP contribution in [0.5, 0.6) is 5.75 Å². The highest BCUT2D eigenvalue weighted by Gasteiger charge is 2.27. The average molecular weight is 279 g/mol. The molecule has 4 rings (SSSR count). The molecule has 3 heteroatoms. The summed E-state index contributed by atoms with van der Waals surface area (Å²) in [4.78, 5) is 14.7. The second-order valence-corrected chi connectivity index (χ2v) is 5.87. The van der Waals surface area contributed by atoms with Crippen LogP contribution in [0.15, 0.2) is 42.5 Å². The molecule has 1 unspecified atom stereocenters. The molecule has 0 spiro atoms. The zero-order valence-corrected chi connectivity index (χ0v) is 12.0. The number of hydrogen-bond donors (Lipinski definition) is 0. The van der Waals surface area contributed by atoms with E-state index in [-0.39, 0.29) is 11.9 Å². The molecule has 2 aromatic carbocycles. The summed E-state index contributed by atoms with van der Waals surface area (Å²) in [5, 5.41) is 0. The summed E-state index contributed by atoms with van der Waals surface area (Å²) in [7, 11) is 2.10. The Balaban J connectivity index is 1.66. The lowest BCUT2D eigenvalue weighted by atomic mass is 10.1. The highest BCUT2D eigenvalue weighted by Crippen LogP contribution is 2.38. The molecule has 0 saturated carbocycles. The molecule has 0 radical (unpaired) electrons. The number of ether oxygens (including phenoxy) is 1. The Bertz CT molecular complexity index is 723. The third-order valence-corrected chi connectivity index (χ3v) is 4.35. The summed E-state index contributed by atoms with van der Waals surface area (Å²) in [5.41, 5.74) is 3.61. The predicted octanol–water partition coefficient (Wildman–Crippen LogP) is 2.98. The molecule has 1 aliphatic heterocycles.